The van der Waals surface area contributed by atoms with Crippen molar-refractivity contribution in [2.75, 3.05) is 6.61 Å². The molecule has 0 heterocycles. The second-order valence-electron chi connectivity index (χ2n) is 4.67. The zero-order valence-electron chi connectivity index (χ0n) is 11.0. The van der Waals surface area contributed by atoms with Crippen LogP contribution in [-0.2, 0) is 6.54 Å². The van der Waals surface area contributed by atoms with Gasteiger partial charge < -0.3 is 10.1 Å². The van der Waals surface area contributed by atoms with Gasteiger partial charge >= 0.3 is 0 Å². The van der Waals surface area contributed by atoms with Gasteiger partial charge in [-0.1, -0.05) is 28.8 Å². The second-order valence-corrected chi connectivity index (χ2v) is 6.44. The summed E-state index contributed by atoms with van der Waals surface area (Å²) in [6.07, 6.45) is 5.33. The fourth-order valence-electron chi connectivity index (χ4n) is 2.44. The van der Waals surface area contributed by atoms with E-state index in [0.717, 1.165) is 21.2 Å². The average molecular weight is 414 g/mol. The summed E-state index contributed by atoms with van der Waals surface area (Å²) in [7, 11) is 0. The van der Waals surface area contributed by atoms with E-state index < -0.39 is 0 Å². The lowest BCUT2D eigenvalue weighted by Gasteiger charge is -2.16. The molecule has 0 spiro atoms. The van der Waals surface area contributed by atoms with Crippen molar-refractivity contribution < 1.29 is 4.74 Å². The van der Waals surface area contributed by atoms with Crippen LogP contribution in [0.25, 0.3) is 0 Å². The Morgan fingerprint density at radius 1 is 1.26 bits per heavy atom. The molecule has 2 rings (SSSR count). The van der Waals surface area contributed by atoms with E-state index in [4.69, 9.17) is 4.74 Å². The Morgan fingerprint density at radius 2 is 1.95 bits per heavy atom. The molecule has 0 atom stereocenters. The zero-order valence-corrected chi connectivity index (χ0v) is 15.0. The number of hydrogen-bond donors (Lipinski definition) is 1. The molecule has 19 heavy (non-hydrogen) atoms. The van der Waals surface area contributed by atoms with Crippen molar-refractivity contribution in [3.63, 3.8) is 0 Å². The maximum Gasteiger partial charge on any atom is 0.138 e. The third kappa shape index (κ3) is 4.92. The summed E-state index contributed by atoms with van der Waals surface area (Å²) in [6, 6.07) is 4.85. The summed E-state index contributed by atoms with van der Waals surface area (Å²) in [5.74, 6) is 0.964. The number of nitrogens with one attached hydrogen (secondary N) is 1. The smallest absolute Gasteiger partial charge is 0.138 e. The minimum Gasteiger partial charge on any atom is -0.492 e. The van der Waals surface area contributed by atoms with Gasteiger partial charge in [0, 0.05) is 22.6 Å². The fourth-order valence-corrected chi connectivity index (χ4v) is 3.86. The first-order valence-corrected chi connectivity index (χ1v) is 8.13. The predicted molar refractivity (Wildman–Crippen MR) is 89.4 cm³/mol. The van der Waals surface area contributed by atoms with Gasteiger partial charge in [-0.05, 0) is 47.8 Å². The van der Waals surface area contributed by atoms with Gasteiger partial charge in [-0.25, -0.2) is 0 Å². The van der Waals surface area contributed by atoms with Crippen LogP contribution in [0.4, 0.5) is 0 Å². The van der Waals surface area contributed by atoms with Crippen LogP contribution in [0.2, 0.25) is 0 Å². The topological polar surface area (TPSA) is 21.3 Å². The van der Waals surface area contributed by atoms with Gasteiger partial charge in [0.15, 0.2) is 0 Å². The van der Waals surface area contributed by atoms with Crippen LogP contribution < -0.4 is 10.1 Å². The van der Waals surface area contributed by atoms with Crippen LogP contribution in [0.5, 0.6) is 5.75 Å². The monoisotopic (exact) mass is 411 g/mol. The van der Waals surface area contributed by atoms with Crippen molar-refractivity contribution in [3.8, 4) is 5.75 Å². The molecule has 0 amide bonds. The maximum absolute atomic E-state index is 5.73. The molecule has 1 aliphatic rings. The molecule has 1 N–H and O–H groups in total. The molecule has 0 unspecified atom stereocenters. The summed E-state index contributed by atoms with van der Waals surface area (Å²) in [4.78, 5) is 0. The van der Waals surface area contributed by atoms with E-state index in [1.807, 2.05) is 13.0 Å². The number of ether oxygens (including phenoxy) is 1. The molecule has 108 valence electrons. The van der Waals surface area contributed by atoms with Gasteiger partial charge in [-0.2, -0.15) is 0 Å². The van der Waals surface area contributed by atoms with Crippen LogP contribution in [0.1, 0.15) is 38.2 Å². The number of benzene rings is 1. The van der Waals surface area contributed by atoms with Crippen molar-refractivity contribution in [2.24, 2.45) is 0 Å². The lowest BCUT2D eigenvalue weighted by atomic mass is 10.1. The molecule has 1 aromatic rings. The Hall–Kier alpha value is 0.230. The van der Waals surface area contributed by atoms with Crippen LogP contribution in [0, 0.1) is 0 Å². The first-order chi connectivity index (χ1) is 8.70. The Kier molecular flexibility index (Phi) is 7.73. The van der Waals surface area contributed by atoms with Crippen molar-refractivity contribution in [1.82, 2.24) is 5.32 Å². The van der Waals surface area contributed by atoms with Crippen molar-refractivity contribution in [1.29, 1.82) is 0 Å². The predicted octanol–water partition coefficient (Wildman–Crippen LogP) is 5.06. The van der Waals surface area contributed by atoms with Gasteiger partial charge in [0.05, 0.1) is 11.1 Å². The Bertz CT molecular complexity index is 409. The molecule has 0 saturated heterocycles. The summed E-state index contributed by atoms with van der Waals surface area (Å²) in [5.41, 5.74) is 1.21. The molecule has 2 nitrogen and oxygen atoms in total. The standard InChI is InChI=1S/C14H19Br2NO.ClH/c1-2-18-14-10(7-11(15)8-13(14)16)9-17-12-5-3-4-6-12;/h7-8,12,17H,2-6,9H2,1H3;1H. The number of hydrogen-bond acceptors (Lipinski definition) is 2. The van der Waals surface area contributed by atoms with E-state index >= 15 is 0 Å². The fraction of sp³-hybridized carbons (Fsp3) is 0.571. The molecule has 0 bridgehead atoms. The van der Waals surface area contributed by atoms with Crippen LogP contribution in [-0.4, -0.2) is 12.6 Å². The zero-order chi connectivity index (χ0) is 13.0. The summed E-state index contributed by atoms with van der Waals surface area (Å²) < 4.78 is 7.83. The van der Waals surface area contributed by atoms with Crippen LogP contribution in [0.3, 0.4) is 0 Å². The molecule has 1 aliphatic carbocycles. The Balaban J connectivity index is 0.00000180. The summed E-state index contributed by atoms with van der Waals surface area (Å²) in [5, 5.41) is 3.63. The van der Waals surface area contributed by atoms with Gasteiger partial charge in [0.2, 0.25) is 0 Å². The van der Waals surface area contributed by atoms with Crippen LogP contribution >= 0.6 is 44.3 Å². The number of rotatable bonds is 5. The molecule has 5 heteroatoms. The minimum atomic E-state index is 0. The largest absolute Gasteiger partial charge is 0.492 e. The Morgan fingerprint density at radius 3 is 2.58 bits per heavy atom. The highest BCUT2D eigenvalue weighted by atomic mass is 79.9. The van der Waals surface area contributed by atoms with E-state index in [0.29, 0.717) is 12.6 Å². The molecule has 0 aromatic heterocycles. The van der Waals surface area contributed by atoms with Gasteiger partial charge in [0.25, 0.3) is 0 Å². The molecule has 0 radical (unpaired) electrons. The van der Waals surface area contributed by atoms with E-state index in [9.17, 15) is 0 Å². The molecule has 1 aromatic carbocycles. The Labute approximate surface area is 138 Å². The van der Waals surface area contributed by atoms with Gasteiger partial charge in [-0.3, -0.25) is 0 Å². The van der Waals surface area contributed by atoms with E-state index in [1.54, 1.807) is 0 Å². The average Bonchev–Trinajstić information content (AvgIpc) is 2.83. The highest BCUT2D eigenvalue weighted by Crippen LogP contribution is 2.33. The van der Waals surface area contributed by atoms with Gasteiger partial charge in [0.1, 0.15) is 5.75 Å². The maximum atomic E-state index is 5.73. The normalized spacial score (nSPS) is 15.3. The molecular weight excluding hydrogens is 393 g/mol. The minimum absolute atomic E-state index is 0. The molecular formula is C14H20Br2ClNO. The molecule has 0 aliphatic heterocycles. The number of halogens is 3. The highest BCUT2D eigenvalue weighted by molar-refractivity contribution is 9.11. The first-order valence-electron chi connectivity index (χ1n) is 6.54. The first kappa shape index (κ1) is 17.3. The molecule has 1 saturated carbocycles. The lowest BCUT2D eigenvalue weighted by Crippen LogP contribution is -2.25. The third-order valence-electron chi connectivity index (χ3n) is 3.31. The van der Waals surface area contributed by atoms with E-state index in [1.165, 1.54) is 31.2 Å². The van der Waals surface area contributed by atoms with E-state index in [-0.39, 0.29) is 12.4 Å². The van der Waals surface area contributed by atoms with Crippen molar-refractivity contribution >= 4 is 44.3 Å². The SMILES string of the molecule is CCOc1c(Br)cc(Br)cc1CNC1CCCC1.Cl. The van der Waals surface area contributed by atoms with Crippen molar-refractivity contribution in [3.05, 3.63) is 26.6 Å². The van der Waals surface area contributed by atoms with E-state index in [2.05, 4.69) is 43.2 Å². The van der Waals surface area contributed by atoms with Gasteiger partial charge in [-0.15, -0.1) is 12.4 Å². The van der Waals surface area contributed by atoms with Crippen LogP contribution in [0.15, 0.2) is 21.1 Å². The third-order valence-corrected chi connectivity index (χ3v) is 4.36. The van der Waals surface area contributed by atoms with Crippen molar-refractivity contribution in [2.45, 2.75) is 45.2 Å². The highest BCUT2D eigenvalue weighted by Gasteiger charge is 2.16. The second kappa shape index (κ2) is 8.50. The summed E-state index contributed by atoms with van der Waals surface area (Å²) >= 11 is 7.11. The molecule has 1 fully saturated rings. The lowest BCUT2D eigenvalue weighted by molar-refractivity contribution is 0.332. The summed E-state index contributed by atoms with van der Waals surface area (Å²) in [6.45, 7) is 3.58. The quantitative estimate of drug-likeness (QED) is 0.728.